The molecule has 0 amide bonds. The molecule has 5 aliphatic rings. The van der Waals surface area contributed by atoms with E-state index in [1.165, 1.54) is 12.8 Å². The summed E-state index contributed by atoms with van der Waals surface area (Å²) in [5.74, 6) is 0.658. The van der Waals surface area contributed by atoms with Crippen molar-refractivity contribution in [1.29, 1.82) is 0 Å². The second-order valence-corrected chi connectivity index (χ2v) is 14.4. The molecule has 0 aromatic heterocycles. The van der Waals surface area contributed by atoms with Gasteiger partial charge in [-0.1, -0.05) is 52.7 Å². The quantitative estimate of drug-likeness (QED) is 0.430. The van der Waals surface area contributed by atoms with Crippen molar-refractivity contribution < 1.29 is 15.0 Å². The van der Waals surface area contributed by atoms with E-state index >= 15 is 0 Å². The van der Waals surface area contributed by atoms with Gasteiger partial charge in [-0.2, -0.15) is 0 Å². The average Bonchev–Trinajstić information content (AvgIpc) is 2.66. The highest BCUT2D eigenvalue weighted by Crippen LogP contribution is 2.74. The maximum absolute atomic E-state index is 12.8. The van der Waals surface area contributed by atoms with E-state index in [2.05, 4.69) is 47.6 Å². The fraction of sp³-hybridized carbons (Fsp3) is 0.897. The van der Waals surface area contributed by atoms with E-state index in [9.17, 15) is 15.0 Å². The summed E-state index contributed by atoms with van der Waals surface area (Å²) in [6.07, 6.45) is 13.8. The number of hydrogen-bond acceptors (Lipinski definition) is 2. The van der Waals surface area contributed by atoms with E-state index in [-0.39, 0.29) is 27.6 Å². The first-order valence-electron chi connectivity index (χ1n) is 13.4. The van der Waals surface area contributed by atoms with Crippen LogP contribution in [0.1, 0.15) is 112 Å². The van der Waals surface area contributed by atoms with Gasteiger partial charge in [0.25, 0.3) is 0 Å². The summed E-state index contributed by atoms with van der Waals surface area (Å²) in [4.78, 5) is 12.8. The van der Waals surface area contributed by atoms with Gasteiger partial charge < -0.3 is 10.2 Å². The molecule has 0 bridgehead atoms. The van der Waals surface area contributed by atoms with Crippen molar-refractivity contribution in [3.8, 4) is 0 Å². The third-order valence-electron chi connectivity index (χ3n) is 12.2. The molecule has 0 radical (unpaired) electrons. The molecule has 0 heterocycles. The smallest absolute Gasteiger partial charge is 0.310 e. The molecule has 2 N–H and O–H groups in total. The number of hydrogen-bond donors (Lipinski definition) is 2. The third-order valence-corrected chi connectivity index (χ3v) is 12.2. The Morgan fingerprint density at radius 1 is 0.844 bits per heavy atom. The molecule has 0 saturated heterocycles. The van der Waals surface area contributed by atoms with Gasteiger partial charge in [-0.05, 0) is 111 Å². The van der Waals surface area contributed by atoms with Crippen LogP contribution in [0.15, 0.2) is 11.6 Å². The van der Waals surface area contributed by atoms with Crippen molar-refractivity contribution in [3.05, 3.63) is 11.6 Å². The lowest BCUT2D eigenvalue weighted by Gasteiger charge is -2.69. The molecule has 8 unspecified atom stereocenters. The highest BCUT2D eigenvalue weighted by atomic mass is 16.4. The summed E-state index contributed by atoms with van der Waals surface area (Å²) in [5, 5.41) is 21.8. The molecule has 180 valence electrons. The molecule has 0 aromatic carbocycles. The second-order valence-electron chi connectivity index (χ2n) is 14.4. The molecular weight excluding hydrogens is 396 g/mol. The van der Waals surface area contributed by atoms with Crippen LogP contribution in [0.25, 0.3) is 0 Å². The maximum atomic E-state index is 12.8. The number of rotatable bonds is 1. The minimum atomic E-state index is -0.577. The first-order chi connectivity index (χ1) is 14.7. The summed E-state index contributed by atoms with van der Waals surface area (Å²) in [6, 6.07) is 0. The molecule has 4 saturated carbocycles. The molecule has 3 nitrogen and oxygen atoms in total. The molecular formula is C29H46O3. The van der Waals surface area contributed by atoms with Crippen LogP contribution in [0.3, 0.4) is 0 Å². The standard InChI is InChI=1S/C29H46O3/c1-24(2)16-17-29(23(30)31)15-10-20-26(4)14-9-21-25(3,11-7-12-28(21,6)32)19(26)8-13-27(20,5)22(29)18-24/h10,19,21-22,32H,7-9,11-18H2,1-6H3,(H,30,31). The van der Waals surface area contributed by atoms with E-state index in [4.69, 9.17) is 0 Å². The van der Waals surface area contributed by atoms with Crippen LogP contribution in [0.4, 0.5) is 0 Å². The lowest BCUT2D eigenvalue weighted by atomic mass is 9.35. The lowest BCUT2D eigenvalue weighted by Crippen LogP contribution is -2.63. The molecule has 4 fully saturated rings. The van der Waals surface area contributed by atoms with Gasteiger partial charge in [0.2, 0.25) is 0 Å². The molecule has 3 heteroatoms. The van der Waals surface area contributed by atoms with Crippen LogP contribution in [0.2, 0.25) is 0 Å². The van der Waals surface area contributed by atoms with Crippen molar-refractivity contribution in [3.63, 3.8) is 0 Å². The minimum Gasteiger partial charge on any atom is -0.481 e. The summed E-state index contributed by atoms with van der Waals surface area (Å²) in [7, 11) is 0. The largest absolute Gasteiger partial charge is 0.481 e. The predicted octanol–water partition coefficient (Wildman–Crippen LogP) is 6.99. The van der Waals surface area contributed by atoms with Crippen molar-refractivity contribution in [2.75, 3.05) is 0 Å². The zero-order valence-corrected chi connectivity index (χ0v) is 21.4. The Kier molecular flexibility index (Phi) is 4.76. The Morgan fingerprint density at radius 3 is 2.12 bits per heavy atom. The van der Waals surface area contributed by atoms with E-state index in [0.717, 1.165) is 51.4 Å². The number of carboxylic acid groups (broad SMARTS) is 1. The molecule has 5 rings (SSSR count). The van der Waals surface area contributed by atoms with Crippen molar-refractivity contribution in [1.82, 2.24) is 0 Å². The van der Waals surface area contributed by atoms with E-state index in [0.29, 0.717) is 18.3 Å². The Balaban J connectivity index is 1.59. The zero-order chi connectivity index (χ0) is 23.4. The van der Waals surface area contributed by atoms with Gasteiger partial charge in [0.15, 0.2) is 0 Å². The van der Waals surface area contributed by atoms with Crippen LogP contribution in [0.5, 0.6) is 0 Å². The predicted molar refractivity (Wildman–Crippen MR) is 128 cm³/mol. The molecule has 8 atom stereocenters. The van der Waals surface area contributed by atoms with Crippen LogP contribution < -0.4 is 0 Å². The first kappa shape index (κ1) is 22.9. The lowest BCUT2D eigenvalue weighted by molar-refractivity contribution is -0.190. The van der Waals surface area contributed by atoms with Crippen molar-refractivity contribution in [2.45, 2.75) is 118 Å². The van der Waals surface area contributed by atoms with Crippen LogP contribution in [-0.2, 0) is 4.79 Å². The summed E-state index contributed by atoms with van der Waals surface area (Å²) < 4.78 is 0. The SMILES string of the molecule is CC1(C)CCC2(C(=O)O)CC=C3C(C)(CCC4C3(C)CCC3C(C)(O)CCCC34C)C2C1. The molecule has 0 aliphatic heterocycles. The van der Waals surface area contributed by atoms with Gasteiger partial charge in [0, 0.05) is 0 Å². The number of aliphatic carboxylic acids is 1. The summed E-state index contributed by atoms with van der Waals surface area (Å²) in [6.45, 7) is 14.2. The van der Waals surface area contributed by atoms with Crippen LogP contribution in [0, 0.1) is 44.8 Å². The zero-order valence-electron chi connectivity index (χ0n) is 21.4. The molecule has 32 heavy (non-hydrogen) atoms. The van der Waals surface area contributed by atoms with Crippen LogP contribution in [-0.4, -0.2) is 21.8 Å². The molecule has 0 spiro atoms. The first-order valence-corrected chi connectivity index (χ1v) is 13.4. The second kappa shape index (κ2) is 6.64. The number of aliphatic hydroxyl groups is 1. The monoisotopic (exact) mass is 442 g/mol. The number of allylic oxidation sites excluding steroid dienone is 2. The fourth-order valence-electron chi connectivity index (χ4n) is 10.6. The van der Waals surface area contributed by atoms with E-state index in [1.807, 2.05) is 0 Å². The minimum absolute atomic E-state index is 0.0139. The molecule has 0 aromatic rings. The van der Waals surface area contributed by atoms with Crippen LogP contribution >= 0.6 is 0 Å². The van der Waals surface area contributed by atoms with Gasteiger partial charge >= 0.3 is 5.97 Å². The fourth-order valence-corrected chi connectivity index (χ4v) is 10.6. The van der Waals surface area contributed by atoms with Crippen molar-refractivity contribution >= 4 is 5.97 Å². The highest BCUT2D eigenvalue weighted by Gasteiger charge is 2.68. The topological polar surface area (TPSA) is 57.5 Å². The Labute approximate surface area is 195 Å². The Morgan fingerprint density at radius 2 is 1.47 bits per heavy atom. The number of carbonyl (C=O) groups is 1. The van der Waals surface area contributed by atoms with Gasteiger partial charge in [0.1, 0.15) is 0 Å². The van der Waals surface area contributed by atoms with E-state index < -0.39 is 17.0 Å². The third kappa shape index (κ3) is 2.78. The number of fused-ring (bicyclic) bond motifs is 7. The maximum Gasteiger partial charge on any atom is 0.310 e. The van der Waals surface area contributed by atoms with Gasteiger partial charge in [-0.15, -0.1) is 0 Å². The van der Waals surface area contributed by atoms with Gasteiger partial charge in [-0.25, -0.2) is 0 Å². The van der Waals surface area contributed by atoms with E-state index in [1.54, 1.807) is 5.57 Å². The Hall–Kier alpha value is -0.830. The number of carboxylic acids is 1. The summed E-state index contributed by atoms with van der Waals surface area (Å²) in [5.41, 5.74) is 1.01. The average molecular weight is 443 g/mol. The highest BCUT2D eigenvalue weighted by molar-refractivity contribution is 5.76. The van der Waals surface area contributed by atoms with Crippen molar-refractivity contribution in [2.24, 2.45) is 44.8 Å². The Bertz CT molecular complexity index is 854. The normalized spacial score (nSPS) is 54.3. The summed E-state index contributed by atoms with van der Waals surface area (Å²) >= 11 is 0. The molecule has 5 aliphatic carbocycles. The van der Waals surface area contributed by atoms with Gasteiger partial charge in [-0.3, -0.25) is 4.79 Å². The van der Waals surface area contributed by atoms with Gasteiger partial charge in [0.05, 0.1) is 11.0 Å².